The Balaban J connectivity index is 1.40. The molecular formula is C20H24N2O3S2. The van der Waals surface area contributed by atoms with Gasteiger partial charge in [-0.15, -0.1) is 11.3 Å². The molecule has 1 saturated carbocycles. The van der Waals surface area contributed by atoms with Gasteiger partial charge in [0.15, 0.2) is 0 Å². The van der Waals surface area contributed by atoms with Gasteiger partial charge in [-0.3, -0.25) is 4.79 Å². The Morgan fingerprint density at radius 2 is 1.78 bits per heavy atom. The summed E-state index contributed by atoms with van der Waals surface area (Å²) in [6.07, 6.45) is 4.20. The van der Waals surface area contributed by atoms with Gasteiger partial charge in [-0.25, -0.2) is 13.1 Å². The van der Waals surface area contributed by atoms with Gasteiger partial charge >= 0.3 is 0 Å². The van der Waals surface area contributed by atoms with Crippen LogP contribution in [0.3, 0.4) is 0 Å². The van der Waals surface area contributed by atoms with Crippen LogP contribution in [0.4, 0.5) is 0 Å². The summed E-state index contributed by atoms with van der Waals surface area (Å²) in [7, 11) is -3.45. The van der Waals surface area contributed by atoms with Crippen LogP contribution in [-0.2, 0) is 20.2 Å². The average molecular weight is 405 g/mol. The van der Waals surface area contributed by atoms with E-state index in [1.807, 2.05) is 23.1 Å². The number of carbonyl (C=O) groups is 1. The largest absolute Gasteiger partial charge is 0.342 e. The monoisotopic (exact) mass is 404 g/mol. The normalized spacial score (nSPS) is 20.2. The summed E-state index contributed by atoms with van der Waals surface area (Å²) < 4.78 is 27.9. The number of thiophene rings is 1. The third kappa shape index (κ3) is 3.56. The van der Waals surface area contributed by atoms with Gasteiger partial charge in [0.1, 0.15) is 4.21 Å². The lowest BCUT2D eigenvalue weighted by atomic mass is 9.63. The third-order valence-corrected chi connectivity index (χ3v) is 8.72. The Hall–Kier alpha value is -1.70. The summed E-state index contributed by atoms with van der Waals surface area (Å²) >= 11 is 1.22. The SMILES string of the molecule is O=C(N1CCC(NS(=O)(=O)c2cccs2)CC1)C1(c2ccccc2)CCC1. The quantitative estimate of drug-likeness (QED) is 0.833. The van der Waals surface area contributed by atoms with Gasteiger partial charge in [-0.05, 0) is 42.7 Å². The van der Waals surface area contributed by atoms with E-state index in [-0.39, 0.29) is 17.4 Å². The minimum atomic E-state index is -3.45. The maximum Gasteiger partial charge on any atom is 0.250 e. The Bertz CT molecular complexity index is 883. The number of carbonyl (C=O) groups excluding carboxylic acids is 1. The molecule has 27 heavy (non-hydrogen) atoms. The lowest BCUT2D eigenvalue weighted by molar-refractivity contribution is -0.142. The zero-order chi connectivity index (χ0) is 18.9. The number of piperidine rings is 1. The van der Waals surface area contributed by atoms with E-state index in [0.29, 0.717) is 30.1 Å². The second kappa shape index (κ2) is 7.37. The first-order chi connectivity index (χ1) is 13.0. The fourth-order valence-electron chi connectivity index (χ4n) is 4.11. The smallest absolute Gasteiger partial charge is 0.250 e. The van der Waals surface area contributed by atoms with Crippen molar-refractivity contribution in [2.24, 2.45) is 0 Å². The van der Waals surface area contributed by atoms with E-state index < -0.39 is 10.0 Å². The average Bonchev–Trinajstić information content (AvgIpc) is 3.18. The predicted molar refractivity (Wildman–Crippen MR) is 106 cm³/mol. The summed E-state index contributed by atoms with van der Waals surface area (Å²) in [4.78, 5) is 15.2. The van der Waals surface area contributed by atoms with Gasteiger partial charge in [0.25, 0.3) is 0 Å². The number of likely N-dealkylation sites (tertiary alicyclic amines) is 1. The molecule has 1 aromatic heterocycles. The van der Waals surface area contributed by atoms with E-state index in [1.54, 1.807) is 17.5 Å². The lowest BCUT2D eigenvalue weighted by Crippen LogP contribution is -2.54. The highest BCUT2D eigenvalue weighted by atomic mass is 32.2. The molecule has 2 fully saturated rings. The van der Waals surface area contributed by atoms with Gasteiger partial charge in [0, 0.05) is 19.1 Å². The van der Waals surface area contributed by atoms with Gasteiger partial charge in [-0.1, -0.05) is 42.8 Å². The van der Waals surface area contributed by atoms with Crippen molar-refractivity contribution in [2.45, 2.75) is 47.8 Å². The summed E-state index contributed by atoms with van der Waals surface area (Å²) in [6, 6.07) is 13.3. The van der Waals surface area contributed by atoms with Gasteiger partial charge in [-0.2, -0.15) is 0 Å². The van der Waals surface area contributed by atoms with Crippen molar-refractivity contribution in [3.05, 3.63) is 53.4 Å². The topological polar surface area (TPSA) is 66.5 Å². The number of amides is 1. The molecule has 1 saturated heterocycles. The molecule has 5 nitrogen and oxygen atoms in total. The van der Waals surface area contributed by atoms with Crippen LogP contribution in [0.25, 0.3) is 0 Å². The zero-order valence-corrected chi connectivity index (χ0v) is 16.8. The molecule has 2 heterocycles. The molecule has 2 aliphatic rings. The van der Waals surface area contributed by atoms with Gasteiger partial charge < -0.3 is 4.90 Å². The molecule has 0 bridgehead atoms. The van der Waals surface area contributed by atoms with E-state index in [2.05, 4.69) is 16.9 Å². The first-order valence-electron chi connectivity index (χ1n) is 9.42. The van der Waals surface area contributed by atoms with E-state index in [1.165, 1.54) is 11.3 Å². The molecular weight excluding hydrogens is 380 g/mol. The van der Waals surface area contributed by atoms with E-state index in [0.717, 1.165) is 24.8 Å². The number of rotatable bonds is 5. The minimum absolute atomic E-state index is 0.116. The Morgan fingerprint density at radius 1 is 1.07 bits per heavy atom. The van der Waals surface area contributed by atoms with Gasteiger partial charge in [0.2, 0.25) is 15.9 Å². The van der Waals surface area contributed by atoms with Crippen LogP contribution in [0, 0.1) is 0 Å². The van der Waals surface area contributed by atoms with E-state index in [4.69, 9.17) is 0 Å². The fraction of sp³-hybridized carbons (Fsp3) is 0.450. The van der Waals surface area contributed by atoms with Crippen molar-refractivity contribution in [1.82, 2.24) is 9.62 Å². The maximum atomic E-state index is 13.3. The molecule has 0 unspecified atom stereocenters. The number of sulfonamides is 1. The Labute approximate surface area is 164 Å². The maximum absolute atomic E-state index is 13.3. The van der Waals surface area contributed by atoms with Crippen molar-refractivity contribution in [3.8, 4) is 0 Å². The molecule has 1 aromatic carbocycles. The fourth-order valence-corrected chi connectivity index (χ4v) is 6.43. The van der Waals surface area contributed by atoms with Crippen molar-refractivity contribution in [3.63, 3.8) is 0 Å². The van der Waals surface area contributed by atoms with Crippen molar-refractivity contribution >= 4 is 27.3 Å². The second-order valence-corrected chi connectivity index (χ2v) is 10.3. The van der Waals surface area contributed by atoms with Crippen LogP contribution < -0.4 is 4.72 Å². The molecule has 1 aliphatic carbocycles. The molecule has 1 aliphatic heterocycles. The van der Waals surface area contributed by atoms with Crippen LogP contribution in [0.1, 0.15) is 37.7 Å². The first kappa shape index (κ1) is 18.7. The molecule has 0 radical (unpaired) electrons. The highest BCUT2D eigenvalue weighted by Gasteiger charge is 2.48. The van der Waals surface area contributed by atoms with Crippen molar-refractivity contribution in [1.29, 1.82) is 0 Å². The minimum Gasteiger partial charge on any atom is -0.342 e. The number of nitrogens with one attached hydrogen (secondary N) is 1. The van der Waals surface area contributed by atoms with Crippen LogP contribution in [0.15, 0.2) is 52.1 Å². The molecule has 1 amide bonds. The molecule has 0 atom stereocenters. The zero-order valence-electron chi connectivity index (χ0n) is 15.1. The van der Waals surface area contributed by atoms with Crippen LogP contribution >= 0.6 is 11.3 Å². The number of nitrogens with zero attached hydrogens (tertiary/aromatic N) is 1. The summed E-state index contributed by atoms with van der Waals surface area (Å²) in [5.74, 6) is 0.208. The van der Waals surface area contributed by atoms with E-state index >= 15 is 0 Å². The van der Waals surface area contributed by atoms with Crippen LogP contribution in [0.2, 0.25) is 0 Å². The molecule has 1 N–H and O–H groups in total. The molecule has 4 rings (SSSR count). The predicted octanol–water partition coefficient (Wildman–Crippen LogP) is 3.14. The standard InChI is InChI=1S/C20H24N2O3S2/c23-19(20(11-5-12-20)16-6-2-1-3-7-16)22-13-9-17(10-14-22)21-27(24,25)18-8-4-15-26-18/h1-4,6-8,15,17,21H,5,9-14H2. The highest BCUT2D eigenvalue weighted by molar-refractivity contribution is 7.91. The Morgan fingerprint density at radius 3 is 2.33 bits per heavy atom. The van der Waals surface area contributed by atoms with E-state index in [9.17, 15) is 13.2 Å². The summed E-state index contributed by atoms with van der Waals surface area (Å²) in [5.41, 5.74) is 0.742. The van der Waals surface area contributed by atoms with Crippen molar-refractivity contribution in [2.75, 3.05) is 13.1 Å². The third-order valence-electron chi connectivity index (χ3n) is 5.81. The number of hydrogen-bond donors (Lipinski definition) is 1. The number of hydrogen-bond acceptors (Lipinski definition) is 4. The molecule has 144 valence electrons. The summed E-state index contributed by atoms with van der Waals surface area (Å²) in [5, 5.41) is 1.76. The van der Waals surface area contributed by atoms with Crippen LogP contribution in [-0.4, -0.2) is 38.4 Å². The van der Waals surface area contributed by atoms with Crippen LogP contribution in [0.5, 0.6) is 0 Å². The molecule has 7 heteroatoms. The Kier molecular flexibility index (Phi) is 5.09. The lowest BCUT2D eigenvalue weighted by Gasteiger charge is -2.45. The molecule has 2 aromatic rings. The number of benzene rings is 1. The molecule has 0 spiro atoms. The van der Waals surface area contributed by atoms with Gasteiger partial charge in [0.05, 0.1) is 5.41 Å². The highest BCUT2D eigenvalue weighted by Crippen LogP contribution is 2.45. The first-order valence-corrected chi connectivity index (χ1v) is 11.8. The van der Waals surface area contributed by atoms with Crippen molar-refractivity contribution < 1.29 is 13.2 Å². The summed E-state index contributed by atoms with van der Waals surface area (Å²) in [6.45, 7) is 1.20. The second-order valence-electron chi connectivity index (χ2n) is 7.42.